The van der Waals surface area contributed by atoms with Crippen molar-refractivity contribution in [1.29, 1.82) is 0 Å². The average Bonchev–Trinajstić information content (AvgIpc) is 2.38. The Morgan fingerprint density at radius 3 is 2.68 bits per heavy atom. The third-order valence-corrected chi connectivity index (χ3v) is 4.39. The second kappa shape index (κ2) is 4.31. The van der Waals surface area contributed by atoms with Gasteiger partial charge in [0.05, 0.1) is 17.1 Å². The van der Waals surface area contributed by atoms with Gasteiger partial charge >= 0.3 is 0 Å². The number of carbonyl (C=O) groups excluding carboxylic acids is 1. The van der Waals surface area contributed by atoms with Crippen molar-refractivity contribution in [3.8, 4) is 0 Å². The standard InChI is InChI=1S/C15H14N2OS/c1-9(18)10-7-11(16)15-14(8-10)19-13-6-4-3-5-12(13)17(15)2/h3-8H,16H2,1-2H3. The van der Waals surface area contributed by atoms with Crippen LogP contribution in [0, 0.1) is 0 Å². The summed E-state index contributed by atoms with van der Waals surface area (Å²) in [4.78, 5) is 15.8. The molecule has 0 aliphatic carbocycles. The first kappa shape index (κ1) is 12.1. The largest absolute Gasteiger partial charge is 0.397 e. The Hall–Kier alpha value is -1.94. The highest BCUT2D eigenvalue weighted by Gasteiger charge is 2.23. The molecule has 0 atom stereocenters. The van der Waals surface area contributed by atoms with Crippen LogP contribution in [-0.2, 0) is 0 Å². The molecule has 2 aromatic rings. The molecule has 19 heavy (non-hydrogen) atoms. The molecule has 96 valence electrons. The molecule has 1 aliphatic rings. The smallest absolute Gasteiger partial charge is 0.159 e. The van der Waals surface area contributed by atoms with Gasteiger partial charge in [0, 0.05) is 22.4 Å². The van der Waals surface area contributed by atoms with Crippen molar-refractivity contribution in [1.82, 2.24) is 0 Å². The Morgan fingerprint density at radius 2 is 1.95 bits per heavy atom. The van der Waals surface area contributed by atoms with Gasteiger partial charge < -0.3 is 10.6 Å². The van der Waals surface area contributed by atoms with E-state index in [2.05, 4.69) is 17.0 Å². The molecule has 0 spiro atoms. The normalized spacial score (nSPS) is 12.8. The predicted octanol–water partition coefficient (Wildman–Crippen LogP) is 3.70. The highest BCUT2D eigenvalue weighted by Crippen LogP contribution is 2.49. The van der Waals surface area contributed by atoms with Gasteiger partial charge in [0.1, 0.15) is 0 Å². The van der Waals surface area contributed by atoms with Crippen LogP contribution in [0.25, 0.3) is 0 Å². The minimum Gasteiger partial charge on any atom is -0.397 e. The van der Waals surface area contributed by atoms with Gasteiger partial charge in [-0.05, 0) is 31.2 Å². The zero-order valence-corrected chi connectivity index (χ0v) is 11.6. The molecule has 0 unspecified atom stereocenters. The van der Waals surface area contributed by atoms with Gasteiger partial charge in [-0.15, -0.1) is 0 Å². The summed E-state index contributed by atoms with van der Waals surface area (Å²) in [5.74, 6) is 0.0385. The molecule has 0 saturated carbocycles. The van der Waals surface area contributed by atoms with E-state index in [1.165, 1.54) is 4.90 Å². The number of nitrogens with zero attached hydrogens (tertiary/aromatic N) is 1. The molecule has 3 nitrogen and oxygen atoms in total. The number of anilines is 3. The number of nitrogen functional groups attached to an aromatic ring is 1. The second-order valence-electron chi connectivity index (χ2n) is 4.60. The van der Waals surface area contributed by atoms with Gasteiger partial charge in [-0.3, -0.25) is 4.79 Å². The second-order valence-corrected chi connectivity index (χ2v) is 5.68. The maximum atomic E-state index is 11.5. The molecular formula is C15H14N2OS. The number of benzene rings is 2. The first-order chi connectivity index (χ1) is 9.08. The summed E-state index contributed by atoms with van der Waals surface area (Å²) >= 11 is 1.66. The van der Waals surface area contributed by atoms with Gasteiger partial charge in [-0.25, -0.2) is 0 Å². The molecular weight excluding hydrogens is 256 g/mol. The fourth-order valence-corrected chi connectivity index (χ4v) is 3.56. The number of Topliss-reactive ketones (excluding diaryl/α,β-unsaturated/α-hetero) is 1. The maximum Gasteiger partial charge on any atom is 0.159 e. The number of hydrogen-bond acceptors (Lipinski definition) is 4. The van der Waals surface area contributed by atoms with E-state index in [4.69, 9.17) is 5.73 Å². The minimum atomic E-state index is 0.0385. The van der Waals surface area contributed by atoms with Crippen LogP contribution in [0.1, 0.15) is 17.3 Å². The SMILES string of the molecule is CC(=O)c1cc(N)c2c(c1)Sc1ccccc1N2C. The third-order valence-electron chi connectivity index (χ3n) is 3.29. The van der Waals surface area contributed by atoms with E-state index in [9.17, 15) is 4.79 Å². The average molecular weight is 270 g/mol. The van der Waals surface area contributed by atoms with Crippen molar-refractivity contribution in [2.24, 2.45) is 0 Å². The van der Waals surface area contributed by atoms with Crippen molar-refractivity contribution in [3.63, 3.8) is 0 Å². The number of ketones is 1. The lowest BCUT2D eigenvalue weighted by molar-refractivity contribution is 0.101. The van der Waals surface area contributed by atoms with E-state index >= 15 is 0 Å². The van der Waals surface area contributed by atoms with Crippen molar-refractivity contribution in [2.45, 2.75) is 16.7 Å². The summed E-state index contributed by atoms with van der Waals surface area (Å²) in [7, 11) is 2.00. The van der Waals surface area contributed by atoms with Crippen molar-refractivity contribution >= 4 is 34.6 Å². The zero-order chi connectivity index (χ0) is 13.6. The van der Waals surface area contributed by atoms with Crippen LogP contribution < -0.4 is 10.6 Å². The molecule has 0 fully saturated rings. The number of fused-ring (bicyclic) bond motifs is 2. The molecule has 0 saturated heterocycles. The van der Waals surface area contributed by atoms with Crippen LogP contribution in [0.3, 0.4) is 0 Å². The predicted molar refractivity (Wildman–Crippen MR) is 79.5 cm³/mol. The lowest BCUT2D eigenvalue weighted by atomic mass is 10.1. The number of para-hydroxylation sites is 1. The molecule has 0 amide bonds. The summed E-state index contributed by atoms with van der Waals surface area (Å²) in [5.41, 5.74) is 9.55. The van der Waals surface area contributed by atoms with Gasteiger partial charge in [-0.1, -0.05) is 23.9 Å². The minimum absolute atomic E-state index is 0.0385. The summed E-state index contributed by atoms with van der Waals surface area (Å²) < 4.78 is 0. The molecule has 0 bridgehead atoms. The van der Waals surface area contributed by atoms with E-state index in [0.717, 1.165) is 16.3 Å². The number of rotatable bonds is 1. The molecule has 2 aromatic carbocycles. The van der Waals surface area contributed by atoms with Gasteiger partial charge in [0.15, 0.2) is 5.78 Å². The Labute approximate surface area is 116 Å². The molecule has 2 N–H and O–H groups in total. The summed E-state index contributed by atoms with van der Waals surface area (Å²) in [6, 6.07) is 11.9. The zero-order valence-electron chi connectivity index (χ0n) is 10.8. The van der Waals surface area contributed by atoms with Crippen LogP contribution in [0.15, 0.2) is 46.2 Å². The molecule has 1 aliphatic heterocycles. The Morgan fingerprint density at radius 1 is 1.21 bits per heavy atom. The molecule has 4 heteroatoms. The number of hydrogen-bond donors (Lipinski definition) is 1. The fraction of sp³-hybridized carbons (Fsp3) is 0.133. The van der Waals surface area contributed by atoms with E-state index in [1.54, 1.807) is 24.8 Å². The van der Waals surface area contributed by atoms with E-state index in [0.29, 0.717) is 11.3 Å². The quantitative estimate of drug-likeness (QED) is 0.634. The molecule has 1 heterocycles. The topological polar surface area (TPSA) is 46.3 Å². The monoisotopic (exact) mass is 270 g/mol. The maximum absolute atomic E-state index is 11.5. The molecule has 0 aromatic heterocycles. The number of nitrogens with two attached hydrogens (primary N) is 1. The van der Waals surface area contributed by atoms with Crippen LogP contribution in [-0.4, -0.2) is 12.8 Å². The first-order valence-corrected chi connectivity index (χ1v) is 6.84. The van der Waals surface area contributed by atoms with Gasteiger partial charge in [0.2, 0.25) is 0 Å². The van der Waals surface area contributed by atoms with Crippen molar-refractivity contribution in [2.75, 3.05) is 17.7 Å². The summed E-state index contributed by atoms with van der Waals surface area (Å²) in [6.07, 6.45) is 0. The van der Waals surface area contributed by atoms with Gasteiger partial charge in [0.25, 0.3) is 0 Å². The molecule has 0 radical (unpaired) electrons. The van der Waals surface area contributed by atoms with Gasteiger partial charge in [-0.2, -0.15) is 0 Å². The fourth-order valence-electron chi connectivity index (χ4n) is 2.33. The first-order valence-electron chi connectivity index (χ1n) is 6.03. The number of carbonyl (C=O) groups is 1. The molecule has 3 rings (SSSR count). The van der Waals surface area contributed by atoms with Crippen LogP contribution >= 0.6 is 11.8 Å². The van der Waals surface area contributed by atoms with Crippen LogP contribution in [0.2, 0.25) is 0 Å². The highest BCUT2D eigenvalue weighted by molar-refractivity contribution is 7.99. The lowest BCUT2D eigenvalue weighted by Gasteiger charge is -2.30. The van der Waals surface area contributed by atoms with E-state index < -0.39 is 0 Å². The summed E-state index contributed by atoms with van der Waals surface area (Å²) in [5, 5.41) is 0. The Bertz CT molecular complexity index is 682. The Kier molecular flexibility index (Phi) is 2.75. The van der Waals surface area contributed by atoms with Crippen LogP contribution in [0.5, 0.6) is 0 Å². The third kappa shape index (κ3) is 1.88. The van der Waals surface area contributed by atoms with Crippen molar-refractivity contribution < 1.29 is 4.79 Å². The Balaban J connectivity index is 2.20. The van der Waals surface area contributed by atoms with Crippen molar-refractivity contribution in [3.05, 3.63) is 42.0 Å². The summed E-state index contributed by atoms with van der Waals surface area (Å²) in [6.45, 7) is 1.56. The highest BCUT2D eigenvalue weighted by atomic mass is 32.2. The van der Waals surface area contributed by atoms with E-state index in [-0.39, 0.29) is 5.78 Å². The lowest BCUT2D eigenvalue weighted by Crippen LogP contribution is -2.17. The van der Waals surface area contributed by atoms with Crippen LogP contribution in [0.4, 0.5) is 17.1 Å². The van der Waals surface area contributed by atoms with E-state index in [1.807, 2.05) is 25.2 Å².